The van der Waals surface area contributed by atoms with Gasteiger partial charge in [0.15, 0.2) is 17.3 Å². The number of fused-ring (bicyclic) bond motifs is 3. The summed E-state index contributed by atoms with van der Waals surface area (Å²) in [5.41, 5.74) is 2.44. The molecule has 0 aliphatic carbocycles. The summed E-state index contributed by atoms with van der Waals surface area (Å²) >= 11 is 0. The van der Waals surface area contributed by atoms with Crippen LogP contribution in [0, 0.1) is 0 Å². The van der Waals surface area contributed by atoms with Crippen molar-refractivity contribution in [2.75, 3.05) is 14.2 Å². The number of phenols is 1. The largest absolute Gasteiger partial charge is 0.504 e. The molecular weight excluding hydrogens is 424 g/mol. The lowest BCUT2D eigenvalue weighted by atomic mass is 9.84. The van der Waals surface area contributed by atoms with Crippen LogP contribution in [0.5, 0.6) is 28.7 Å². The first kappa shape index (κ1) is 20.6. The highest BCUT2D eigenvalue weighted by Gasteiger charge is 2.38. The average molecular weight is 444 g/mol. The van der Waals surface area contributed by atoms with E-state index in [1.165, 1.54) is 13.2 Å². The number of carbonyl (C=O) groups is 2. The Morgan fingerprint density at radius 1 is 0.970 bits per heavy atom. The van der Waals surface area contributed by atoms with Crippen molar-refractivity contribution in [1.82, 2.24) is 0 Å². The number of methoxy groups -OCH3 is 2. The van der Waals surface area contributed by atoms with E-state index in [2.05, 4.69) is 0 Å². The molecular formula is C26H20O7. The van der Waals surface area contributed by atoms with Gasteiger partial charge < -0.3 is 24.1 Å². The number of para-hydroxylation sites is 1. The van der Waals surface area contributed by atoms with Crippen LogP contribution in [0.25, 0.3) is 6.08 Å². The van der Waals surface area contributed by atoms with Gasteiger partial charge in [-0.1, -0.05) is 24.3 Å². The number of allylic oxidation sites excluding steroid dienone is 1. The number of aromatic hydroxyl groups is 1. The number of carbonyl (C=O) groups excluding carboxylic acids is 2. The maximum Gasteiger partial charge on any atom is 0.312 e. The predicted molar refractivity (Wildman–Crippen MR) is 119 cm³/mol. The summed E-state index contributed by atoms with van der Waals surface area (Å²) in [5.74, 6) is 0.650. The first-order chi connectivity index (χ1) is 16.0. The minimum atomic E-state index is -0.441. The van der Waals surface area contributed by atoms with Gasteiger partial charge in [0.2, 0.25) is 5.78 Å². The second kappa shape index (κ2) is 8.02. The predicted octanol–water partition coefficient (Wildman–Crippen LogP) is 4.47. The lowest BCUT2D eigenvalue weighted by Crippen LogP contribution is -2.21. The number of hydrogen-bond acceptors (Lipinski definition) is 7. The van der Waals surface area contributed by atoms with Gasteiger partial charge in [-0.3, -0.25) is 9.59 Å². The molecule has 0 bridgehead atoms. The number of rotatable bonds is 4. The van der Waals surface area contributed by atoms with Gasteiger partial charge in [-0.05, 0) is 42.0 Å². The van der Waals surface area contributed by atoms with Crippen LogP contribution in [0.15, 0.2) is 60.4 Å². The monoisotopic (exact) mass is 444 g/mol. The molecule has 3 aromatic rings. The molecule has 2 heterocycles. The highest BCUT2D eigenvalue weighted by Crippen LogP contribution is 2.49. The third-order valence-electron chi connectivity index (χ3n) is 5.81. The molecule has 3 aromatic carbocycles. The van der Waals surface area contributed by atoms with Crippen molar-refractivity contribution in [2.45, 2.75) is 12.3 Å². The molecule has 5 rings (SSSR count). The van der Waals surface area contributed by atoms with Crippen LogP contribution in [0.2, 0.25) is 0 Å². The maximum absolute atomic E-state index is 13.1. The third kappa shape index (κ3) is 3.47. The van der Waals surface area contributed by atoms with Crippen LogP contribution >= 0.6 is 0 Å². The van der Waals surface area contributed by atoms with E-state index in [0.717, 1.165) is 5.56 Å². The van der Waals surface area contributed by atoms with E-state index in [-0.39, 0.29) is 29.5 Å². The molecule has 2 aliphatic heterocycles. The Morgan fingerprint density at radius 2 is 1.76 bits per heavy atom. The highest BCUT2D eigenvalue weighted by atomic mass is 16.5. The topological polar surface area (TPSA) is 91.3 Å². The van der Waals surface area contributed by atoms with Gasteiger partial charge in [-0.15, -0.1) is 0 Å². The molecule has 7 heteroatoms. The lowest BCUT2D eigenvalue weighted by Gasteiger charge is -2.26. The van der Waals surface area contributed by atoms with Crippen molar-refractivity contribution in [3.8, 4) is 28.7 Å². The smallest absolute Gasteiger partial charge is 0.312 e. The molecule has 0 amide bonds. The van der Waals surface area contributed by atoms with Crippen LogP contribution in [0.4, 0.5) is 0 Å². The van der Waals surface area contributed by atoms with Crippen LogP contribution in [-0.4, -0.2) is 31.1 Å². The molecule has 0 aromatic heterocycles. The molecule has 1 N–H and O–H groups in total. The number of ketones is 1. The normalized spacial score (nSPS) is 17.8. The van der Waals surface area contributed by atoms with E-state index in [1.54, 1.807) is 43.5 Å². The number of esters is 1. The molecule has 0 radical (unpaired) electrons. The molecule has 166 valence electrons. The molecule has 1 atom stereocenters. The first-order valence-corrected chi connectivity index (χ1v) is 10.3. The van der Waals surface area contributed by atoms with Gasteiger partial charge in [0.05, 0.1) is 26.2 Å². The second-order valence-corrected chi connectivity index (χ2v) is 7.70. The molecule has 7 nitrogen and oxygen atoms in total. The van der Waals surface area contributed by atoms with Crippen molar-refractivity contribution >= 4 is 17.8 Å². The molecule has 0 spiro atoms. The zero-order valence-corrected chi connectivity index (χ0v) is 18.0. The Bertz CT molecular complexity index is 1320. The first-order valence-electron chi connectivity index (χ1n) is 10.3. The summed E-state index contributed by atoms with van der Waals surface area (Å²) in [6, 6.07) is 15.4. The zero-order valence-electron chi connectivity index (χ0n) is 18.0. The number of benzene rings is 3. The third-order valence-corrected chi connectivity index (χ3v) is 5.81. The van der Waals surface area contributed by atoms with Gasteiger partial charge in [0, 0.05) is 17.0 Å². The molecule has 2 aliphatic rings. The van der Waals surface area contributed by atoms with Crippen LogP contribution in [-0.2, 0) is 4.79 Å². The van der Waals surface area contributed by atoms with E-state index in [9.17, 15) is 14.7 Å². The van der Waals surface area contributed by atoms with Crippen molar-refractivity contribution < 1.29 is 33.6 Å². The summed E-state index contributed by atoms with van der Waals surface area (Å²) in [7, 11) is 3.01. The van der Waals surface area contributed by atoms with Gasteiger partial charge in [-0.25, -0.2) is 0 Å². The van der Waals surface area contributed by atoms with Gasteiger partial charge in [-0.2, -0.15) is 0 Å². The Kier molecular flexibility index (Phi) is 5.01. The van der Waals surface area contributed by atoms with E-state index in [0.29, 0.717) is 33.9 Å². The molecule has 0 saturated heterocycles. The second-order valence-electron chi connectivity index (χ2n) is 7.70. The zero-order chi connectivity index (χ0) is 23.1. The molecule has 1 unspecified atom stereocenters. The Balaban J connectivity index is 1.62. The summed E-state index contributed by atoms with van der Waals surface area (Å²) < 4.78 is 22.1. The summed E-state index contributed by atoms with van der Waals surface area (Å²) in [5, 5.41) is 9.98. The number of hydrogen-bond donors (Lipinski definition) is 1. The lowest BCUT2D eigenvalue weighted by molar-refractivity contribution is -0.135. The van der Waals surface area contributed by atoms with Gasteiger partial charge in [0.25, 0.3) is 0 Å². The van der Waals surface area contributed by atoms with Crippen molar-refractivity contribution in [1.29, 1.82) is 0 Å². The summed E-state index contributed by atoms with van der Waals surface area (Å²) in [6.07, 6.45) is 1.70. The van der Waals surface area contributed by atoms with Crippen molar-refractivity contribution in [3.63, 3.8) is 0 Å². The molecule has 0 fully saturated rings. The molecule has 0 saturated carbocycles. The van der Waals surface area contributed by atoms with E-state index < -0.39 is 11.9 Å². The number of Topliss-reactive ketones (excluding diaryl/α,β-unsaturated/α-hetero) is 1. The molecule has 33 heavy (non-hydrogen) atoms. The quantitative estimate of drug-likeness (QED) is 0.361. The van der Waals surface area contributed by atoms with E-state index in [4.69, 9.17) is 18.9 Å². The summed E-state index contributed by atoms with van der Waals surface area (Å²) in [6.45, 7) is 0. The minimum Gasteiger partial charge on any atom is -0.504 e. The fourth-order valence-electron chi connectivity index (χ4n) is 4.23. The fraction of sp³-hybridized carbons (Fsp3) is 0.154. The summed E-state index contributed by atoms with van der Waals surface area (Å²) in [4.78, 5) is 25.5. The Morgan fingerprint density at radius 3 is 2.55 bits per heavy atom. The maximum atomic E-state index is 13.1. The van der Waals surface area contributed by atoms with Crippen molar-refractivity contribution in [2.24, 2.45) is 0 Å². The van der Waals surface area contributed by atoms with Crippen LogP contribution < -0.4 is 18.9 Å². The van der Waals surface area contributed by atoms with Gasteiger partial charge in [0.1, 0.15) is 17.2 Å². The Hall–Kier alpha value is -4.26. The van der Waals surface area contributed by atoms with Crippen molar-refractivity contribution in [3.05, 3.63) is 82.6 Å². The minimum absolute atomic E-state index is 0.00777. The standard InChI is InChI=1S/C26H20O7/c1-30-19-6-4-3-5-15(19)12-22-25(29)16-8-10-20-24(26(16)33-22)17(13-23(28)32-20)14-7-9-18(27)21(11-14)31-2/h3-12,17,27H,13H2,1-2H3. The van der Waals surface area contributed by atoms with Gasteiger partial charge >= 0.3 is 5.97 Å². The van der Waals surface area contributed by atoms with E-state index in [1.807, 2.05) is 18.2 Å². The van der Waals surface area contributed by atoms with Crippen LogP contribution in [0.1, 0.15) is 39.4 Å². The average Bonchev–Trinajstić information content (AvgIpc) is 3.14. The fourth-order valence-corrected chi connectivity index (χ4v) is 4.23. The van der Waals surface area contributed by atoms with Crippen LogP contribution in [0.3, 0.4) is 0 Å². The highest BCUT2D eigenvalue weighted by molar-refractivity contribution is 6.15. The Labute approximate surface area is 189 Å². The number of ether oxygens (including phenoxy) is 4. The number of phenolic OH excluding ortho intramolecular Hbond substituents is 1. The van der Waals surface area contributed by atoms with E-state index >= 15 is 0 Å². The SMILES string of the molecule is COc1cc(C2CC(=O)Oc3ccc4c(c32)OC(=Cc2ccccc2OC)C4=O)ccc1O.